The molecule has 0 rings (SSSR count). The van der Waals surface area contributed by atoms with E-state index in [-0.39, 0.29) is 5.97 Å². The zero-order valence-corrected chi connectivity index (χ0v) is 11.6. The summed E-state index contributed by atoms with van der Waals surface area (Å²) in [4.78, 5) is 11.4. The van der Waals surface area contributed by atoms with Gasteiger partial charge in [-0.2, -0.15) is 0 Å². The van der Waals surface area contributed by atoms with E-state index in [0.29, 0.717) is 24.6 Å². The van der Waals surface area contributed by atoms with Crippen molar-refractivity contribution >= 4 is 12.8 Å². The number of carbonyl (C=O) groups is 1. The van der Waals surface area contributed by atoms with Crippen molar-refractivity contribution in [3.8, 4) is 0 Å². The predicted molar refractivity (Wildman–Crippen MR) is 78.9 cm³/mol. The maximum atomic E-state index is 11.4. The van der Waals surface area contributed by atoms with Crippen molar-refractivity contribution in [3.05, 3.63) is 50.6 Å². The van der Waals surface area contributed by atoms with Crippen LogP contribution in [0.15, 0.2) is 50.6 Å². The van der Waals surface area contributed by atoms with E-state index in [0.717, 1.165) is 0 Å². The summed E-state index contributed by atoms with van der Waals surface area (Å²) in [6.07, 6.45) is 9.97. The van der Waals surface area contributed by atoms with E-state index in [1.807, 2.05) is 24.3 Å². The molecule has 96 valence electrons. The van der Waals surface area contributed by atoms with Gasteiger partial charge in [0.15, 0.2) is 0 Å². The molecule has 0 saturated heterocycles. The second-order valence-electron chi connectivity index (χ2n) is 4.33. The molecule has 0 aromatic carbocycles. The predicted octanol–water partition coefficient (Wildman–Crippen LogP) is 3.76. The monoisotopic (exact) mass is 254 g/mol. The van der Waals surface area contributed by atoms with Gasteiger partial charge in [-0.1, -0.05) is 0 Å². The first-order valence-electron chi connectivity index (χ1n) is 5.62. The van der Waals surface area contributed by atoms with Gasteiger partial charge in [0.2, 0.25) is 0 Å². The van der Waals surface area contributed by atoms with E-state index in [2.05, 4.69) is 26.3 Å². The van der Waals surface area contributed by atoms with E-state index in [4.69, 9.17) is 4.52 Å². The summed E-state index contributed by atoms with van der Waals surface area (Å²) < 4.78 is 5.79. The Morgan fingerprint density at radius 3 is 1.41 bits per heavy atom. The van der Waals surface area contributed by atoms with Gasteiger partial charge < -0.3 is 0 Å². The van der Waals surface area contributed by atoms with Crippen molar-refractivity contribution in [2.45, 2.75) is 6.92 Å². The molecule has 0 saturated carbocycles. The SMILES string of the molecule is C=CCP(CC=C)(CC=C)(CC=C)OC(C)=O. The third-order valence-electron chi connectivity index (χ3n) is 2.75. The first kappa shape index (κ1) is 15.9. The number of allylic oxidation sites excluding steroid dienone is 4. The normalized spacial score (nSPS) is 12.9. The summed E-state index contributed by atoms with van der Waals surface area (Å²) in [6.45, 7) is 13.9. The van der Waals surface area contributed by atoms with Crippen LogP contribution in [0.1, 0.15) is 6.92 Å². The summed E-state index contributed by atoms with van der Waals surface area (Å²) in [5, 5.41) is 0. The third kappa shape index (κ3) is 3.98. The molecule has 0 unspecified atom stereocenters. The van der Waals surface area contributed by atoms with Gasteiger partial charge in [0.25, 0.3) is 0 Å². The van der Waals surface area contributed by atoms with Gasteiger partial charge in [-0.25, -0.2) is 0 Å². The van der Waals surface area contributed by atoms with Gasteiger partial charge in [-0.15, -0.1) is 0 Å². The fraction of sp³-hybridized carbons (Fsp3) is 0.357. The molecule has 0 N–H and O–H groups in total. The van der Waals surface area contributed by atoms with E-state index >= 15 is 0 Å². The van der Waals surface area contributed by atoms with Crippen LogP contribution in [0.4, 0.5) is 0 Å². The standard InChI is InChI=1S/C14H23O2P/c1-6-10-17(11-7-2,12-8-3,13-9-4)16-14(5)15/h6-9H,1-4,10-13H2,5H3. The van der Waals surface area contributed by atoms with Crippen molar-refractivity contribution in [2.75, 3.05) is 24.6 Å². The van der Waals surface area contributed by atoms with Crippen LogP contribution in [-0.2, 0) is 9.32 Å². The molecule has 0 heterocycles. The molecule has 0 amide bonds. The first-order chi connectivity index (χ1) is 7.97. The molecule has 0 radical (unpaired) electrons. The summed E-state index contributed by atoms with van der Waals surface area (Å²) in [6, 6.07) is 0. The van der Waals surface area contributed by atoms with Crippen LogP contribution in [-0.4, -0.2) is 30.6 Å². The molecule has 0 atom stereocenters. The molecule has 0 aromatic rings. The molecule has 0 aromatic heterocycles. The average Bonchev–Trinajstić information content (AvgIpc) is 2.17. The van der Waals surface area contributed by atoms with E-state index < -0.39 is 6.83 Å². The number of hydrogen-bond donors (Lipinski definition) is 0. The Morgan fingerprint density at radius 1 is 0.941 bits per heavy atom. The van der Waals surface area contributed by atoms with Gasteiger partial charge in [0.05, 0.1) is 0 Å². The van der Waals surface area contributed by atoms with E-state index in [1.54, 1.807) is 0 Å². The van der Waals surface area contributed by atoms with E-state index in [9.17, 15) is 4.79 Å². The number of carbonyl (C=O) groups excluding carboxylic acids is 1. The second kappa shape index (κ2) is 6.56. The van der Waals surface area contributed by atoms with Crippen LogP contribution >= 0.6 is 6.83 Å². The Morgan fingerprint density at radius 2 is 1.24 bits per heavy atom. The average molecular weight is 254 g/mol. The van der Waals surface area contributed by atoms with Crippen LogP contribution in [0.3, 0.4) is 0 Å². The summed E-state index contributed by atoms with van der Waals surface area (Å²) in [7, 11) is 0. The Bertz CT molecular complexity index is 280. The molecule has 0 fully saturated rings. The molecular weight excluding hydrogens is 231 g/mol. The van der Waals surface area contributed by atoms with Crippen LogP contribution in [0.2, 0.25) is 0 Å². The van der Waals surface area contributed by atoms with Crippen LogP contribution in [0.25, 0.3) is 0 Å². The number of rotatable bonds is 9. The van der Waals surface area contributed by atoms with Crippen molar-refractivity contribution < 1.29 is 9.32 Å². The van der Waals surface area contributed by atoms with Gasteiger partial charge in [-0.05, 0) is 0 Å². The molecule has 0 aliphatic heterocycles. The minimum atomic E-state index is -2.71. The first-order valence-corrected chi connectivity index (χ1v) is 8.52. The Kier molecular flexibility index (Phi) is 6.12. The van der Waals surface area contributed by atoms with Gasteiger partial charge in [-0.3, -0.25) is 0 Å². The van der Waals surface area contributed by atoms with Gasteiger partial charge in [0.1, 0.15) is 0 Å². The van der Waals surface area contributed by atoms with Crippen molar-refractivity contribution in [1.29, 1.82) is 0 Å². The second-order valence-corrected chi connectivity index (χ2v) is 9.69. The minimum absolute atomic E-state index is 0.255. The molecule has 2 nitrogen and oxygen atoms in total. The Labute approximate surface area is 105 Å². The fourth-order valence-electron chi connectivity index (χ4n) is 2.27. The molecule has 17 heavy (non-hydrogen) atoms. The molecule has 0 aliphatic carbocycles. The third-order valence-corrected chi connectivity index (χ3v) is 8.25. The van der Waals surface area contributed by atoms with Gasteiger partial charge >= 0.3 is 104 Å². The van der Waals surface area contributed by atoms with Crippen LogP contribution < -0.4 is 0 Å². The fourth-order valence-corrected chi connectivity index (χ4v) is 6.80. The summed E-state index contributed by atoms with van der Waals surface area (Å²) in [5.74, 6) is -0.255. The topological polar surface area (TPSA) is 26.3 Å². The molecule has 3 heteroatoms. The van der Waals surface area contributed by atoms with Crippen LogP contribution in [0, 0.1) is 0 Å². The molecule has 0 aliphatic rings. The molecule has 0 spiro atoms. The zero-order valence-electron chi connectivity index (χ0n) is 10.7. The maximum absolute atomic E-state index is 11.4. The van der Waals surface area contributed by atoms with Crippen molar-refractivity contribution in [1.82, 2.24) is 0 Å². The summed E-state index contributed by atoms with van der Waals surface area (Å²) in [5.41, 5.74) is 0. The molecule has 0 bridgehead atoms. The molecular formula is C14H23O2P. The van der Waals surface area contributed by atoms with Crippen molar-refractivity contribution in [3.63, 3.8) is 0 Å². The summed E-state index contributed by atoms with van der Waals surface area (Å²) >= 11 is 0. The Balaban J connectivity index is 5.64. The number of hydrogen-bond acceptors (Lipinski definition) is 2. The van der Waals surface area contributed by atoms with E-state index in [1.165, 1.54) is 6.92 Å². The van der Waals surface area contributed by atoms with Crippen LogP contribution in [0.5, 0.6) is 0 Å². The Hall–Kier alpha value is -1.14. The quantitative estimate of drug-likeness (QED) is 0.462. The van der Waals surface area contributed by atoms with Crippen molar-refractivity contribution in [2.24, 2.45) is 0 Å². The zero-order chi connectivity index (χ0) is 13.4. The van der Waals surface area contributed by atoms with Gasteiger partial charge in [0, 0.05) is 0 Å².